The van der Waals surface area contributed by atoms with Crippen molar-refractivity contribution in [3.8, 4) is 0 Å². The third-order valence-electron chi connectivity index (χ3n) is 3.72. The van der Waals surface area contributed by atoms with Gasteiger partial charge < -0.3 is 10.3 Å². The van der Waals surface area contributed by atoms with Crippen LogP contribution < -0.4 is 10.9 Å². The summed E-state index contributed by atoms with van der Waals surface area (Å²) in [6.45, 7) is 2.75. The van der Waals surface area contributed by atoms with Gasteiger partial charge in [0.25, 0.3) is 5.56 Å². The number of fused-ring (bicyclic) bond motifs is 1. The van der Waals surface area contributed by atoms with Gasteiger partial charge in [-0.05, 0) is 32.1 Å². The minimum atomic E-state index is -0.0569. The number of hydrogen-bond donors (Lipinski definition) is 2. The molecule has 0 saturated carbocycles. The molecule has 3 rings (SSSR count). The van der Waals surface area contributed by atoms with Crippen LogP contribution in [-0.2, 0) is 6.54 Å². The Morgan fingerprint density at radius 3 is 3.05 bits per heavy atom. The fourth-order valence-electron chi connectivity index (χ4n) is 2.59. The Kier molecular flexibility index (Phi) is 3.31. The maximum atomic E-state index is 12.0. The molecule has 1 aromatic heterocycles. The lowest BCUT2D eigenvalue weighted by Gasteiger charge is -2.22. The molecule has 1 atom stereocenters. The van der Waals surface area contributed by atoms with Gasteiger partial charge in [-0.25, -0.2) is 4.98 Å². The molecule has 0 bridgehead atoms. The smallest absolute Gasteiger partial charge is 0.258 e. The van der Waals surface area contributed by atoms with Gasteiger partial charge in [0.05, 0.1) is 17.4 Å². The fourth-order valence-corrected chi connectivity index (χ4v) is 2.59. The number of likely N-dealkylation sites (N-methyl/N-ethyl adjacent to an activating group) is 1. The predicted molar refractivity (Wildman–Crippen MR) is 75.1 cm³/mol. The van der Waals surface area contributed by atoms with Crippen molar-refractivity contribution < 1.29 is 0 Å². The standard InChI is InChI=1S/C14H18N4O/c1-18(10-6-7-15-8-10)9-13-16-12-5-3-2-4-11(12)14(19)17-13/h2-5,10,15H,6-9H2,1H3,(H,16,17,19). The van der Waals surface area contributed by atoms with Gasteiger partial charge in [-0.1, -0.05) is 12.1 Å². The number of nitrogens with zero attached hydrogens (tertiary/aromatic N) is 2. The third kappa shape index (κ3) is 2.52. The first kappa shape index (κ1) is 12.3. The van der Waals surface area contributed by atoms with E-state index in [1.807, 2.05) is 18.2 Å². The Bertz CT molecular complexity index is 631. The van der Waals surface area contributed by atoms with Crippen LogP contribution in [0.2, 0.25) is 0 Å². The second kappa shape index (κ2) is 5.11. The summed E-state index contributed by atoms with van der Waals surface area (Å²) in [4.78, 5) is 21.6. The van der Waals surface area contributed by atoms with E-state index in [9.17, 15) is 4.79 Å². The molecule has 1 unspecified atom stereocenters. The molecule has 0 radical (unpaired) electrons. The molecular formula is C14H18N4O. The van der Waals surface area contributed by atoms with Crippen molar-refractivity contribution in [2.45, 2.75) is 19.0 Å². The fraction of sp³-hybridized carbons (Fsp3) is 0.429. The van der Waals surface area contributed by atoms with Crippen LogP contribution in [-0.4, -0.2) is 41.0 Å². The number of nitrogens with one attached hydrogen (secondary N) is 2. The summed E-state index contributed by atoms with van der Waals surface area (Å²) in [5.41, 5.74) is 0.706. The van der Waals surface area contributed by atoms with Gasteiger partial charge >= 0.3 is 0 Å². The molecule has 1 fully saturated rings. The number of para-hydroxylation sites is 1. The minimum Gasteiger partial charge on any atom is -0.315 e. The van der Waals surface area contributed by atoms with Crippen LogP contribution in [0, 0.1) is 0 Å². The molecule has 100 valence electrons. The van der Waals surface area contributed by atoms with Gasteiger partial charge in [0, 0.05) is 12.6 Å². The number of H-pyrrole nitrogens is 1. The predicted octanol–water partition coefficient (Wildman–Crippen LogP) is 0.717. The van der Waals surface area contributed by atoms with E-state index in [0.29, 0.717) is 18.0 Å². The van der Waals surface area contributed by atoms with E-state index in [1.54, 1.807) is 6.07 Å². The lowest BCUT2D eigenvalue weighted by Crippen LogP contribution is -2.34. The molecule has 2 aromatic rings. The quantitative estimate of drug-likeness (QED) is 0.851. The van der Waals surface area contributed by atoms with E-state index in [4.69, 9.17) is 0 Å². The summed E-state index contributed by atoms with van der Waals surface area (Å²) in [6, 6.07) is 7.97. The van der Waals surface area contributed by atoms with E-state index < -0.39 is 0 Å². The first-order valence-electron chi connectivity index (χ1n) is 6.63. The van der Waals surface area contributed by atoms with E-state index in [0.717, 1.165) is 30.9 Å². The van der Waals surface area contributed by atoms with Crippen molar-refractivity contribution in [2.24, 2.45) is 0 Å². The van der Waals surface area contributed by atoms with Gasteiger partial charge in [0.2, 0.25) is 0 Å². The highest BCUT2D eigenvalue weighted by Crippen LogP contribution is 2.10. The van der Waals surface area contributed by atoms with E-state index >= 15 is 0 Å². The highest BCUT2D eigenvalue weighted by molar-refractivity contribution is 5.77. The zero-order valence-corrected chi connectivity index (χ0v) is 11.0. The number of benzene rings is 1. The van der Waals surface area contributed by atoms with Gasteiger partial charge in [-0.3, -0.25) is 9.69 Å². The maximum absolute atomic E-state index is 12.0. The molecular weight excluding hydrogens is 240 g/mol. The van der Waals surface area contributed by atoms with Crippen LogP contribution in [0.1, 0.15) is 12.2 Å². The molecule has 2 heterocycles. The molecule has 2 N–H and O–H groups in total. The van der Waals surface area contributed by atoms with Crippen molar-refractivity contribution in [1.82, 2.24) is 20.2 Å². The first-order chi connectivity index (χ1) is 9.24. The average Bonchev–Trinajstić information content (AvgIpc) is 2.93. The second-order valence-corrected chi connectivity index (χ2v) is 5.09. The highest BCUT2D eigenvalue weighted by Gasteiger charge is 2.19. The van der Waals surface area contributed by atoms with Crippen LogP contribution in [0.15, 0.2) is 29.1 Å². The second-order valence-electron chi connectivity index (χ2n) is 5.09. The van der Waals surface area contributed by atoms with Crippen LogP contribution in [0.4, 0.5) is 0 Å². The Morgan fingerprint density at radius 1 is 1.42 bits per heavy atom. The summed E-state index contributed by atoms with van der Waals surface area (Å²) in [7, 11) is 2.08. The third-order valence-corrected chi connectivity index (χ3v) is 3.72. The number of rotatable bonds is 3. The van der Waals surface area contributed by atoms with E-state index in [1.165, 1.54) is 0 Å². The summed E-state index contributed by atoms with van der Waals surface area (Å²) in [6.07, 6.45) is 1.15. The van der Waals surface area contributed by atoms with Gasteiger partial charge in [0.15, 0.2) is 0 Å². The Morgan fingerprint density at radius 2 is 2.26 bits per heavy atom. The molecule has 1 aliphatic heterocycles. The van der Waals surface area contributed by atoms with Gasteiger partial charge in [0.1, 0.15) is 5.82 Å². The lowest BCUT2D eigenvalue weighted by atomic mass is 10.2. The van der Waals surface area contributed by atoms with Crippen molar-refractivity contribution in [1.29, 1.82) is 0 Å². The molecule has 0 amide bonds. The monoisotopic (exact) mass is 258 g/mol. The largest absolute Gasteiger partial charge is 0.315 e. The maximum Gasteiger partial charge on any atom is 0.258 e. The van der Waals surface area contributed by atoms with Crippen molar-refractivity contribution in [3.05, 3.63) is 40.4 Å². The summed E-state index contributed by atoms with van der Waals surface area (Å²) >= 11 is 0. The normalized spacial score (nSPS) is 19.4. The molecule has 1 saturated heterocycles. The zero-order chi connectivity index (χ0) is 13.2. The number of aromatic nitrogens is 2. The van der Waals surface area contributed by atoms with Crippen LogP contribution in [0.25, 0.3) is 10.9 Å². The summed E-state index contributed by atoms with van der Waals surface area (Å²) < 4.78 is 0. The number of hydrogen-bond acceptors (Lipinski definition) is 4. The molecule has 0 aliphatic carbocycles. The van der Waals surface area contributed by atoms with Crippen molar-refractivity contribution >= 4 is 10.9 Å². The molecule has 0 spiro atoms. The lowest BCUT2D eigenvalue weighted by molar-refractivity contribution is 0.243. The Balaban J connectivity index is 1.86. The highest BCUT2D eigenvalue weighted by atomic mass is 16.1. The minimum absolute atomic E-state index is 0.0569. The Labute approximate surface area is 111 Å². The number of aromatic amines is 1. The van der Waals surface area contributed by atoms with Crippen LogP contribution in [0.3, 0.4) is 0 Å². The molecule has 5 heteroatoms. The van der Waals surface area contributed by atoms with E-state index in [2.05, 4.69) is 27.2 Å². The molecule has 19 heavy (non-hydrogen) atoms. The topological polar surface area (TPSA) is 61.0 Å². The van der Waals surface area contributed by atoms with Crippen molar-refractivity contribution in [2.75, 3.05) is 20.1 Å². The van der Waals surface area contributed by atoms with Crippen molar-refractivity contribution in [3.63, 3.8) is 0 Å². The molecule has 1 aromatic carbocycles. The summed E-state index contributed by atoms with van der Waals surface area (Å²) in [5.74, 6) is 0.734. The molecule has 5 nitrogen and oxygen atoms in total. The zero-order valence-electron chi connectivity index (χ0n) is 11.0. The first-order valence-corrected chi connectivity index (χ1v) is 6.63. The SMILES string of the molecule is CN(Cc1nc2ccccc2c(=O)[nH]1)C1CCNC1. The molecule has 1 aliphatic rings. The van der Waals surface area contributed by atoms with Crippen LogP contribution in [0.5, 0.6) is 0 Å². The average molecular weight is 258 g/mol. The van der Waals surface area contributed by atoms with Gasteiger partial charge in [-0.15, -0.1) is 0 Å². The Hall–Kier alpha value is -1.72. The van der Waals surface area contributed by atoms with Crippen LogP contribution >= 0.6 is 0 Å². The van der Waals surface area contributed by atoms with E-state index in [-0.39, 0.29) is 5.56 Å². The summed E-state index contributed by atoms with van der Waals surface area (Å²) in [5, 5.41) is 4.00. The van der Waals surface area contributed by atoms with Gasteiger partial charge in [-0.2, -0.15) is 0 Å².